The number of hydrogen-bond acceptors (Lipinski definition) is 4. The molecule has 4 nitrogen and oxygen atoms in total. The molecule has 1 N–H and O–H groups in total. The van der Waals surface area contributed by atoms with E-state index in [4.69, 9.17) is 4.74 Å². The lowest BCUT2D eigenvalue weighted by Gasteiger charge is -2.37. The van der Waals surface area contributed by atoms with Crippen molar-refractivity contribution in [3.05, 3.63) is 0 Å². The number of nitrogens with one attached hydrogen (secondary N) is 1. The van der Waals surface area contributed by atoms with E-state index in [1.54, 1.807) is 0 Å². The summed E-state index contributed by atoms with van der Waals surface area (Å²) < 4.78 is 4.70. The first-order valence-corrected chi connectivity index (χ1v) is 5.35. The zero-order chi connectivity index (χ0) is 9.97. The zero-order valence-electron chi connectivity index (χ0n) is 8.66. The van der Waals surface area contributed by atoms with Crippen molar-refractivity contribution in [1.82, 2.24) is 10.2 Å². The van der Waals surface area contributed by atoms with Crippen LogP contribution in [0.1, 0.15) is 19.3 Å². The number of hydrogen-bond donors (Lipinski definition) is 1. The molecule has 2 aliphatic rings. The van der Waals surface area contributed by atoms with Gasteiger partial charge in [-0.2, -0.15) is 0 Å². The lowest BCUT2D eigenvalue weighted by molar-refractivity contribution is -0.141. The molecule has 0 aromatic rings. The monoisotopic (exact) mass is 198 g/mol. The van der Waals surface area contributed by atoms with Crippen LogP contribution >= 0.6 is 0 Å². The van der Waals surface area contributed by atoms with Crippen LogP contribution in [0, 0.1) is 0 Å². The van der Waals surface area contributed by atoms with E-state index in [1.165, 1.54) is 26.5 Å². The Balaban J connectivity index is 1.93. The lowest BCUT2D eigenvalue weighted by atomic mass is 10.0. The second-order valence-corrected chi connectivity index (χ2v) is 4.09. The highest BCUT2D eigenvalue weighted by atomic mass is 16.5. The fraction of sp³-hybridized carbons (Fsp3) is 0.900. The van der Waals surface area contributed by atoms with Crippen LogP contribution in [0.5, 0.6) is 0 Å². The van der Waals surface area contributed by atoms with Crippen molar-refractivity contribution in [3.63, 3.8) is 0 Å². The SMILES string of the molecule is COC(=O)CC1NCCN2CCCC12. The molecule has 0 spiro atoms. The number of ether oxygens (including phenoxy) is 1. The Kier molecular flexibility index (Phi) is 3.03. The number of nitrogens with zero attached hydrogens (tertiary/aromatic N) is 1. The summed E-state index contributed by atoms with van der Waals surface area (Å²) in [6.45, 7) is 3.32. The normalized spacial score (nSPS) is 32.6. The summed E-state index contributed by atoms with van der Waals surface area (Å²) in [7, 11) is 1.46. The van der Waals surface area contributed by atoms with Crippen LogP contribution in [0.4, 0.5) is 0 Å². The van der Waals surface area contributed by atoms with Crippen molar-refractivity contribution < 1.29 is 9.53 Å². The molecule has 0 radical (unpaired) electrons. The Morgan fingerprint density at radius 3 is 3.21 bits per heavy atom. The third-order valence-corrected chi connectivity index (χ3v) is 3.30. The minimum absolute atomic E-state index is 0.101. The van der Waals surface area contributed by atoms with Crippen LogP contribution in [0.25, 0.3) is 0 Å². The van der Waals surface area contributed by atoms with Crippen LogP contribution in [0.3, 0.4) is 0 Å². The molecule has 80 valence electrons. The van der Waals surface area contributed by atoms with Crippen molar-refractivity contribution in [2.24, 2.45) is 0 Å². The second kappa shape index (κ2) is 4.28. The van der Waals surface area contributed by atoms with Gasteiger partial charge in [-0.05, 0) is 19.4 Å². The molecule has 2 atom stereocenters. The van der Waals surface area contributed by atoms with E-state index in [0.717, 1.165) is 13.1 Å². The minimum Gasteiger partial charge on any atom is -0.469 e. The van der Waals surface area contributed by atoms with Crippen LogP contribution in [0.2, 0.25) is 0 Å². The molecule has 2 heterocycles. The van der Waals surface area contributed by atoms with E-state index in [1.807, 2.05) is 0 Å². The predicted octanol–water partition coefficient (Wildman–Crippen LogP) is -0.0143. The Bertz CT molecular complexity index is 220. The predicted molar refractivity (Wildman–Crippen MR) is 53.0 cm³/mol. The van der Waals surface area contributed by atoms with Gasteiger partial charge in [-0.1, -0.05) is 0 Å². The largest absolute Gasteiger partial charge is 0.469 e. The quantitative estimate of drug-likeness (QED) is 0.633. The number of methoxy groups -OCH3 is 1. The average molecular weight is 198 g/mol. The van der Waals surface area contributed by atoms with Crippen molar-refractivity contribution in [2.45, 2.75) is 31.3 Å². The number of fused-ring (bicyclic) bond motifs is 1. The van der Waals surface area contributed by atoms with Gasteiger partial charge < -0.3 is 10.1 Å². The van der Waals surface area contributed by atoms with Gasteiger partial charge in [0.2, 0.25) is 0 Å². The molecule has 14 heavy (non-hydrogen) atoms. The molecule has 0 bridgehead atoms. The van der Waals surface area contributed by atoms with Crippen molar-refractivity contribution in [3.8, 4) is 0 Å². The molecule has 4 heteroatoms. The molecule has 0 aliphatic carbocycles. The average Bonchev–Trinajstić information content (AvgIpc) is 2.66. The van der Waals surface area contributed by atoms with Gasteiger partial charge in [0.25, 0.3) is 0 Å². The van der Waals surface area contributed by atoms with Gasteiger partial charge in [-0.3, -0.25) is 9.69 Å². The molecule has 2 rings (SSSR count). The maximum atomic E-state index is 11.2. The number of piperazine rings is 1. The van der Waals surface area contributed by atoms with Crippen molar-refractivity contribution in [2.75, 3.05) is 26.7 Å². The number of esters is 1. The first-order chi connectivity index (χ1) is 6.81. The van der Waals surface area contributed by atoms with Gasteiger partial charge in [-0.15, -0.1) is 0 Å². The summed E-state index contributed by atoms with van der Waals surface area (Å²) in [6.07, 6.45) is 3.00. The minimum atomic E-state index is -0.101. The highest BCUT2D eigenvalue weighted by Gasteiger charge is 2.35. The van der Waals surface area contributed by atoms with Gasteiger partial charge in [0.1, 0.15) is 0 Å². The van der Waals surface area contributed by atoms with E-state index in [9.17, 15) is 4.79 Å². The number of carbonyl (C=O) groups excluding carboxylic acids is 1. The topological polar surface area (TPSA) is 41.6 Å². The van der Waals surface area contributed by atoms with Gasteiger partial charge in [-0.25, -0.2) is 0 Å². The number of rotatable bonds is 2. The fourth-order valence-corrected chi connectivity index (χ4v) is 2.59. The molecular formula is C10H18N2O2. The molecule has 2 unspecified atom stereocenters. The molecular weight excluding hydrogens is 180 g/mol. The first-order valence-electron chi connectivity index (χ1n) is 5.35. The standard InChI is InChI=1S/C10H18N2O2/c1-14-10(13)7-8-9-3-2-5-12(9)6-4-11-8/h8-9,11H,2-7H2,1H3. The summed E-state index contributed by atoms with van der Waals surface area (Å²) >= 11 is 0. The maximum absolute atomic E-state index is 11.2. The Labute approximate surface area is 84.6 Å². The van der Waals surface area contributed by atoms with E-state index in [-0.39, 0.29) is 5.97 Å². The van der Waals surface area contributed by atoms with Crippen LogP contribution in [-0.2, 0) is 9.53 Å². The molecule has 2 fully saturated rings. The van der Waals surface area contributed by atoms with Crippen LogP contribution < -0.4 is 5.32 Å². The number of carbonyl (C=O) groups is 1. The molecule has 0 saturated carbocycles. The van der Waals surface area contributed by atoms with Crippen LogP contribution in [-0.4, -0.2) is 49.7 Å². The second-order valence-electron chi connectivity index (χ2n) is 4.09. The first kappa shape index (κ1) is 9.93. The highest BCUT2D eigenvalue weighted by molar-refractivity contribution is 5.70. The fourth-order valence-electron chi connectivity index (χ4n) is 2.59. The summed E-state index contributed by atoms with van der Waals surface area (Å²) in [5.74, 6) is -0.101. The molecule has 0 amide bonds. The lowest BCUT2D eigenvalue weighted by Crippen LogP contribution is -2.55. The summed E-state index contributed by atoms with van der Waals surface area (Å²) in [5.41, 5.74) is 0. The van der Waals surface area contributed by atoms with Crippen molar-refractivity contribution >= 4 is 5.97 Å². The molecule has 2 aliphatic heterocycles. The Morgan fingerprint density at radius 1 is 1.57 bits per heavy atom. The summed E-state index contributed by atoms with van der Waals surface area (Å²) in [5, 5.41) is 3.41. The van der Waals surface area contributed by atoms with E-state index >= 15 is 0 Å². The van der Waals surface area contributed by atoms with Gasteiger partial charge >= 0.3 is 5.97 Å². The zero-order valence-corrected chi connectivity index (χ0v) is 8.66. The van der Waals surface area contributed by atoms with E-state index < -0.39 is 0 Å². The van der Waals surface area contributed by atoms with Crippen molar-refractivity contribution in [1.29, 1.82) is 0 Å². The molecule has 0 aromatic carbocycles. The Morgan fingerprint density at radius 2 is 2.43 bits per heavy atom. The third kappa shape index (κ3) is 1.91. The van der Waals surface area contributed by atoms with Crippen LogP contribution in [0.15, 0.2) is 0 Å². The maximum Gasteiger partial charge on any atom is 0.307 e. The van der Waals surface area contributed by atoms with Gasteiger partial charge in [0.15, 0.2) is 0 Å². The van der Waals surface area contributed by atoms with E-state index in [0.29, 0.717) is 18.5 Å². The highest BCUT2D eigenvalue weighted by Crippen LogP contribution is 2.23. The summed E-state index contributed by atoms with van der Waals surface area (Å²) in [6, 6.07) is 0.863. The molecule has 0 aromatic heterocycles. The van der Waals surface area contributed by atoms with Gasteiger partial charge in [0, 0.05) is 25.2 Å². The van der Waals surface area contributed by atoms with Gasteiger partial charge in [0.05, 0.1) is 13.5 Å². The summed E-state index contributed by atoms with van der Waals surface area (Å²) in [4.78, 5) is 13.7. The van der Waals surface area contributed by atoms with E-state index in [2.05, 4.69) is 10.2 Å². The smallest absolute Gasteiger partial charge is 0.307 e. The molecule has 2 saturated heterocycles. The Hall–Kier alpha value is -0.610. The third-order valence-electron chi connectivity index (χ3n) is 3.30.